The fraction of sp³-hybridized carbons (Fsp3) is 0.500. The zero-order chi connectivity index (χ0) is 16.1. The number of sulfone groups is 1. The van der Waals surface area contributed by atoms with Gasteiger partial charge in [0.25, 0.3) is 0 Å². The van der Waals surface area contributed by atoms with Gasteiger partial charge >= 0.3 is 6.36 Å². The topological polar surface area (TPSA) is 52.6 Å². The second-order valence-electron chi connectivity index (χ2n) is 4.14. The van der Waals surface area contributed by atoms with Crippen LogP contribution in [0.1, 0.15) is 13.3 Å². The van der Waals surface area contributed by atoms with E-state index in [1.807, 2.05) is 0 Å². The van der Waals surface area contributed by atoms with E-state index in [9.17, 15) is 21.6 Å². The highest BCUT2D eigenvalue weighted by molar-refractivity contribution is 9.10. The van der Waals surface area contributed by atoms with Gasteiger partial charge in [-0.15, -0.1) is 13.2 Å². The zero-order valence-corrected chi connectivity index (χ0v) is 13.5. The van der Waals surface area contributed by atoms with Crippen molar-refractivity contribution in [3.8, 4) is 11.5 Å². The largest absolute Gasteiger partial charge is 0.573 e. The van der Waals surface area contributed by atoms with Crippen molar-refractivity contribution in [2.45, 2.75) is 19.7 Å². The van der Waals surface area contributed by atoms with Crippen molar-refractivity contribution in [1.29, 1.82) is 0 Å². The Morgan fingerprint density at radius 1 is 1.24 bits per heavy atom. The molecular weight excluding hydrogens is 377 g/mol. The number of alkyl halides is 3. The summed E-state index contributed by atoms with van der Waals surface area (Å²) in [5.74, 6) is -0.200. The summed E-state index contributed by atoms with van der Waals surface area (Å²) in [6.45, 7) is 1.70. The van der Waals surface area contributed by atoms with E-state index >= 15 is 0 Å². The fourth-order valence-electron chi connectivity index (χ4n) is 1.48. The molecule has 0 aliphatic rings. The lowest BCUT2D eigenvalue weighted by atomic mass is 10.3. The lowest BCUT2D eigenvalue weighted by Crippen LogP contribution is -2.18. The molecule has 0 bridgehead atoms. The van der Waals surface area contributed by atoms with E-state index < -0.39 is 21.9 Å². The van der Waals surface area contributed by atoms with Crippen molar-refractivity contribution in [1.82, 2.24) is 0 Å². The van der Waals surface area contributed by atoms with Gasteiger partial charge in [-0.1, -0.05) is 6.92 Å². The van der Waals surface area contributed by atoms with E-state index in [1.165, 1.54) is 12.1 Å². The monoisotopic (exact) mass is 390 g/mol. The third kappa shape index (κ3) is 7.03. The van der Waals surface area contributed by atoms with Gasteiger partial charge in [-0.25, -0.2) is 8.42 Å². The van der Waals surface area contributed by atoms with Gasteiger partial charge < -0.3 is 9.47 Å². The van der Waals surface area contributed by atoms with Crippen LogP contribution in [0, 0.1) is 0 Å². The van der Waals surface area contributed by atoms with E-state index in [0.717, 1.165) is 6.07 Å². The Kier molecular flexibility index (Phi) is 6.33. The molecule has 21 heavy (non-hydrogen) atoms. The molecule has 0 aliphatic heterocycles. The summed E-state index contributed by atoms with van der Waals surface area (Å²) in [7, 11) is -3.15. The third-order valence-electron chi connectivity index (χ3n) is 2.31. The molecule has 1 aromatic rings. The Morgan fingerprint density at radius 3 is 2.43 bits per heavy atom. The summed E-state index contributed by atoms with van der Waals surface area (Å²) in [4.78, 5) is 0. The molecule has 0 atom stereocenters. The molecule has 0 saturated heterocycles. The second kappa shape index (κ2) is 7.35. The van der Waals surface area contributed by atoms with Crippen molar-refractivity contribution in [3.05, 3.63) is 22.7 Å². The van der Waals surface area contributed by atoms with E-state index in [-0.39, 0.29) is 28.3 Å². The molecule has 0 N–H and O–H groups in total. The van der Waals surface area contributed by atoms with Gasteiger partial charge in [0.15, 0.2) is 9.84 Å². The lowest BCUT2D eigenvalue weighted by Gasteiger charge is -2.12. The maximum Gasteiger partial charge on any atom is 0.573 e. The maximum absolute atomic E-state index is 12.1. The predicted octanol–water partition coefficient (Wildman–Crippen LogP) is 3.55. The Bertz CT molecular complexity index is 572. The molecule has 4 nitrogen and oxygen atoms in total. The van der Waals surface area contributed by atoms with E-state index in [1.54, 1.807) is 6.92 Å². The van der Waals surface area contributed by atoms with Crippen LogP contribution < -0.4 is 9.47 Å². The van der Waals surface area contributed by atoms with E-state index in [2.05, 4.69) is 20.7 Å². The molecule has 1 rings (SSSR count). The summed E-state index contributed by atoms with van der Waals surface area (Å²) in [5, 5.41) is 0. The second-order valence-corrected chi connectivity index (χ2v) is 7.30. The van der Waals surface area contributed by atoms with Gasteiger partial charge in [0.05, 0.1) is 16.0 Å². The highest BCUT2D eigenvalue weighted by Gasteiger charge is 2.32. The van der Waals surface area contributed by atoms with Gasteiger partial charge in [-0.3, -0.25) is 0 Å². The van der Waals surface area contributed by atoms with Crippen LogP contribution in [-0.2, 0) is 9.84 Å². The third-order valence-corrected chi connectivity index (χ3v) is 4.75. The lowest BCUT2D eigenvalue weighted by molar-refractivity contribution is -0.274. The number of benzene rings is 1. The molecule has 120 valence electrons. The number of rotatable bonds is 7. The maximum atomic E-state index is 12.1. The summed E-state index contributed by atoms with van der Waals surface area (Å²) in [6.07, 6.45) is -4.25. The molecule has 0 saturated carbocycles. The van der Waals surface area contributed by atoms with Gasteiger partial charge in [0.1, 0.15) is 18.1 Å². The van der Waals surface area contributed by atoms with Crippen LogP contribution >= 0.6 is 15.9 Å². The molecule has 0 radical (unpaired) electrons. The van der Waals surface area contributed by atoms with Crippen LogP contribution in [0.4, 0.5) is 13.2 Å². The molecule has 0 amide bonds. The standard InChI is InChI=1S/C12H14BrF3O4S/c1-2-6-21(17,18)7-5-19-9-3-4-11(10(13)8-9)20-12(14,15)16/h3-4,8H,2,5-7H2,1H3. The first-order valence-corrected chi connectivity index (χ1v) is 8.63. The summed E-state index contributed by atoms with van der Waals surface area (Å²) in [6, 6.07) is 3.65. The number of hydrogen-bond acceptors (Lipinski definition) is 4. The highest BCUT2D eigenvalue weighted by atomic mass is 79.9. The quantitative estimate of drug-likeness (QED) is 0.714. The summed E-state index contributed by atoms with van der Waals surface area (Å²) >= 11 is 2.93. The van der Waals surface area contributed by atoms with Crippen molar-refractivity contribution in [2.75, 3.05) is 18.1 Å². The van der Waals surface area contributed by atoms with Gasteiger partial charge in [-0.2, -0.15) is 0 Å². The number of hydrogen-bond donors (Lipinski definition) is 0. The minimum absolute atomic E-state index is 0.0613. The average molecular weight is 391 g/mol. The fourth-order valence-corrected chi connectivity index (χ4v) is 3.08. The minimum Gasteiger partial charge on any atom is -0.492 e. The van der Waals surface area contributed by atoms with Crippen molar-refractivity contribution in [2.24, 2.45) is 0 Å². The number of ether oxygens (including phenoxy) is 2. The molecule has 0 spiro atoms. The van der Waals surface area contributed by atoms with Crippen LogP contribution in [0.2, 0.25) is 0 Å². The van der Waals surface area contributed by atoms with Gasteiger partial charge in [-0.05, 0) is 40.5 Å². The van der Waals surface area contributed by atoms with Crippen LogP contribution in [0.15, 0.2) is 22.7 Å². The van der Waals surface area contributed by atoms with Crippen LogP contribution in [0.25, 0.3) is 0 Å². The smallest absolute Gasteiger partial charge is 0.492 e. The van der Waals surface area contributed by atoms with Gasteiger partial charge in [0, 0.05) is 0 Å². The Hall–Kier alpha value is -0.960. The molecule has 0 aliphatic carbocycles. The highest BCUT2D eigenvalue weighted by Crippen LogP contribution is 2.33. The SMILES string of the molecule is CCCS(=O)(=O)CCOc1ccc(OC(F)(F)F)c(Br)c1. The van der Waals surface area contributed by atoms with E-state index in [0.29, 0.717) is 6.42 Å². The predicted molar refractivity (Wildman–Crippen MR) is 75.3 cm³/mol. The molecule has 9 heteroatoms. The van der Waals surface area contributed by atoms with Crippen molar-refractivity contribution in [3.63, 3.8) is 0 Å². The summed E-state index contributed by atoms with van der Waals surface area (Å²) in [5.41, 5.74) is 0. The normalized spacial score (nSPS) is 12.2. The number of halogens is 4. The zero-order valence-electron chi connectivity index (χ0n) is 11.1. The summed E-state index contributed by atoms with van der Waals surface area (Å²) < 4.78 is 68.2. The van der Waals surface area contributed by atoms with Crippen LogP contribution in [0.5, 0.6) is 11.5 Å². The average Bonchev–Trinajstić information content (AvgIpc) is 2.30. The molecular formula is C12H14BrF3O4S. The van der Waals surface area contributed by atoms with Crippen LogP contribution in [0.3, 0.4) is 0 Å². The first-order valence-electron chi connectivity index (χ1n) is 6.01. The van der Waals surface area contributed by atoms with Gasteiger partial charge in [0.2, 0.25) is 0 Å². The van der Waals surface area contributed by atoms with Crippen molar-refractivity contribution >= 4 is 25.8 Å². The van der Waals surface area contributed by atoms with Crippen LogP contribution in [-0.4, -0.2) is 32.9 Å². The first kappa shape index (κ1) is 18.1. The van der Waals surface area contributed by atoms with E-state index in [4.69, 9.17) is 4.74 Å². The Balaban J connectivity index is 2.60. The Morgan fingerprint density at radius 2 is 1.90 bits per heavy atom. The Labute approximate surface area is 129 Å². The van der Waals surface area contributed by atoms with Crippen molar-refractivity contribution < 1.29 is 31.1 Å². The molecule has 1 aromatic carbocycles. The molecule has 0 unspecified atom stereocenters. The first-order chi connectivity index (χ1) is 9.63. The molecule has 0 heterocycles. The molecule has 0 fully saturated rings. The molecule has 0 aromatic heterocycles. The minimum atomic E-state index is -4.78.